The van der Waals surface area contributed by atoms with Crippen molar-refractivity contribution in [2.75, 3.05) is 0 Å². The van der Waals surface area contributed by atoms with Gasteiger partial charge in [-0.25, -0.2) is 0 Å². The molecule has 1 atom stereocenters. The third kappa shape index (κ3) is 3.55. The Hall–Kier alpha value is -1.59. The van der Waals surface area contributed by atoms with Crippen molar-refractivity contribution >= 4 is 17.9 Å². The van der Waals surface area contributed by atoms with E-state index in [0.717, 1.165) is 0 Å². The van der Waals surface area contributed by atoms with E-state index in [1.54, 1.807) is 0 Å². The molecule has 1 N–H and O–H groups in total. The van der Waals surface area contributed by atoms with Crippen LogP contribution in [0.15, 0.2) is 0 Å². The van der Waals surface area contributed by atoms with Crippen LogP contribution in [0.5, 0.6) is 0 Å². The van der Waals surface area contributed by atoms with Gasteiger partial charge in [-0.2, -0.15) is 0 Å². The van der Waals surface area contributed by atoms with Crippen LogP contribution in [0.1, 0.15) is 12.8 Å². The second-order valence-electron chi connectivity index (χ2n) is 2.12. The maximum Gasteiger partial charge on any atom is 0.312 e. The molecule has 0 aromatic heterocycles. The van der Waals surface area contributed by atoms with Gasteiger partial charge in [-0.1, -0.05) is 0 Å². The first kappa shape index (κ1) is 10.4. The Morgan fingerprint density at radius 2 is 1.75 bits per heavy atom. The van der Waals surface area contributed by atoms with Crippen molar-refractivity contribution in [3.8, 4) is 0 Å². The largest absolute Gasteiger partial charge is 0.550 e. The lowest BCUT2D eigenvalue weighted by molar-refractivity contribution is -0.311. The van der Waals surface area contributed by atoms with Crippen molar-refractivity contribution in [3.63, 3.8) is 0 Å². The SMILES string of the molecule is O=C([O-])CCC(C(=O)[O-])C(=O)O. The lowest BCUT2D eigenvalue weighted by Crippen LogP contribution is -2.37. The Labute approximate surface area is 67.4 Å². The van der Waals surface area contributed by atoms with E-state index in [4.69, 9.17) is 5.11 Å². The fraction of sp³-hybridized carbons (Fsp3) is 0.500. The van der Waals surface area contributed by atoms with Gasteiger partial charge in [-0.3, -0.25) is 4.79 Å². The van der Waals surface area contributed by atoms with Crippen molar-refractivity contribution < 1.29 is 29.7 Å². The minimum absolute atomic E-state index is 0.514. The average molecular weight is 174 g/mol. The predicted octanol–water partition coefficient (Wildman–Crippen LogP) is -3.03. The first-order valence-corrected chi connectivity index (χ1v) is 3.08. The summed E-state index contributed by atoms with van der Waals surface area (Å²) < 4.78 is 0. The van der Waals surface area contributed by atoms with E-state index in [0.29, 0.717) is 0 Å². The van der Waals surface area contributed by atoms with Crippen LogP contribution >= 0.6 is 0 Å². The number of carbonyl (C=O) groups excluding carboxylic acids is 2. The minimum Gasteiger partial charge on any atom is -0.550 e. The van der Waals surface area contributed by atoms with Crippen molar-refractivity contribution in [1.29, 1.82) is 0 Å². The summed E-state index contributed by atoms with van der Waals surface area (Å²) in [5.41, 5.74) is 0. The fourth-order valence-corrected chi connectivity index (χ4v) is 0.604. The van der Waals surface area contributed by atoms with E-state index in [9.17, 15) is 24.6 Å². The van der Waals surface area contributed by atoms with Gasteiger partial charge in [0, 0.05) is 5.97 Å². The molecule has 0 aromatic rings. The van der Waals surface area contributed by atoms with E-state index in [1.807, 2.05) is 0 Å². The van der Waals surface area contributed by atoms with Crippen LogP contribution in [0, 0.1) is 5.92 Å². The third-order valence-corrected chi connectivity index (χ3v) is 1.22. The van der Waals surface area contributed by atoms with Gasteiger partial charge < -0.3 is 24.9 Å². The highest BCUT2D eigenvalue weighted by molar-refractivity contribution is 5.92. The summed E-state index contributed by atoms with van der Waals surface area (Å²) in [6, 6.07) is 0. The Kier molecular flexibility index (Phi) is 3.75. The van der Waals surface area contributed by atoms with Gasteiger partial charge in [0.1, 0.15) is 0 Å². The predicted molar refractivity (Wildman–Crippen MR) is 30.4 cm³/mol. The van der Waals surface area contributed by atoms with E-state index >= 15 is 0 Å². The van der Waals surface area contributed by atoms with Crippen molar-refractivity contribution in [1.82, 2.24) is 0 Å². The lowest BCUT2D eigenvalue weighted by Gasteiger charge is -2.12. The monoisotopic (exact) mass is 174 g/mol. The van der Waals surface area contributed by atoms with E-state index < -0.39 is 36.7 Å². The van der Waals surface area contributed by atoms with Crippen LogP contribution in [0.2, 0.25) is 0 Å². The molecule has 0 saturated heterocycles. The molecule has 0 saturated carbocycles. The molecule has 0 aliphatic carbocycles. The molecule has 6 heteroatoms. The molecular weight excluding hydrogens is 168 g/mol. The van der Waals surface area contributed by atoms with Crippen molar-refractivity contribution in [2.45, 2.75) is 12.8 Å². The van der Waals surface area contributed by atoms with Crippen LogP contribution in [-0.4, -0.2) is 23.0 Å². The molecule has 0 rings (SSSR count). The number of carboxylic acids is 3. The summed E-state index contributed by atoms with van der Waals surface area (Å²) in [7, 11) is 0. The van der Waals surface area contributed by atoms with Crippen molar-refractivity contribution in [3.05, 3.63) is 0 Å². The molecular formula is C6H6O6-2. The second-order valence-corrected chi connectivity index (χ2v) is 2.12. The Balaban J connectivity index is 4.06. The smallest absolute Gasteiger partial charge is 0.312 e. The summed E-state index contributed by atoms with van der Waals surface area (Å²) in [6.07, 6.45) is -1.12. The topological polar surface area (TPSA) is 118 Å². The molecule has 0 radical (unpaired) electrons. The normalized spacial score (nSPS) is 12.0. The quantitative estimate of drug-likeness (QED) is 0.443. The highest BCUT2D eigenvalue weighted by atomic mass is 16.4. The lowest BCUT2D eigenvalue weighted by atomic mass is 10.0. The van der Waals surface area contributed by atoms with Gasteiger partial charge in [-0.15, -0.1) is 0 Å². The highest BCUT2D eigenvalue weighted by Gasteiger charge is 2.17. The zero-order valence-corrected chi connectivity index (χ0v) is 5.98. The van der Waals surface area contributed by atoms with Gasteiger partial charge >= 0.3 is 5.97 Å². The van der Waals surface area contributed by atoms with Gasteiger partial charge in [-0.05, 0) is 12.8 Å². The zero-order chi connectivity index (χ0) is 9.72. The molecule has 0 bridgehead atoms. The molecule has 0 aliphatic rings. The van der Waals surface area contributed by atoms with Crippen LogP contribution in [0.25, 0.3) is 0 Å². The zero-order valence-electron chi connectivity index (χ0n) is 5.98. The molecule has 0 aliphatic heterocycles. The van der Waals surface area contributed by atoms with Gasteiger partial charge in [0.2, 0.25) is 0 Å². The fourth-order valence-electron chi connectivity index (χ4n) is 0.604. The van der Waals surface area contributed by atoms with Gasteiger partial charge in [0.25, 0.3) is 0 Å². The maximum atomic E-state index is 10.1. The van der Waals surface area contributed by atoms with E-state index in [2.05, 4.69) is 0 Å². The molecule has 0 heterocycles. The Morgan fingerprint density at radius 1 is 1.25 bits per heavy atom. The van der Waals surface area contributed by atoms with Crippen LogP contribution < -0.4 is 10.2 Å². The molecule has 0 spiro atoms. The molecule has 0 aromatic carbocycles. The first-order valence-electron chi connectivity index (χ1n) is 3.08. The number of hydrogen-bond acceptors (Lipinski definition) is 5. The van der Waals surface area contributed by atoms with Gasteiger partial charge in [0.05, 0.1) is 11.9 Å². The first-order chi connectivity index (χ1) is 5.45. The molecule has 0 amide bonds. The standard InChI is InChI=1S/C6H8O6/c7-4(8)2-1-3(5(9)10)6(11)12/h3H,1-2H2,(H,7,8)(H,9,10)(H,11,12)/p-2. The number of carboxylic acid groups (broad SMARTS) is 3. The van der Waals surface area contributed by atoms with Crippen LogP contribution in [0.4, 0.5) is 0 Å². The number of aliphatic carboxylic acids is 3. The molecule has 12 heavy (non-hydrogen) atoms. The number of hydrogen-bond donors (Lipinski definition) is 1. The van der Waals surface area contributed by atoms with E-state index in [1.165, 1.54) is 0 Å². The Morgan fingerprint density at radius 3 is 2.00 bits per heavy atom. The summed E-state index contributed by atoms with van der Waals surface area (Å²) in [5, 5.41) is 28.1. The number of carbonyl (C=O) groups is 3. The Bertz CT molecular complexity index is 194. The highest BCUT2D eigenvalue weighted by Crippen LogP contribution is 2.04. The van der Waals surface area contributed by atoms with Crippen LogP contribution in [-0.2, 0) is 14.4 Å². The maximum absolute atomic E-state index is 10.1. The summed E-state index contributed by atoms with van der Waals surface area (Å²) in [6.45, 7) is 0. The van der Waals surface area contributed by atoms with Crippen molar-refractivity contribution in [2.24, 2.45) is 5.92 Å². The average Bonchev–Trinajstić information content (AvgIpc) is 1.84. The van der Waals surface area contributed by atoms with E-state index in [-0.39, 0.29) is 0 Å². The summed E-state index contributed by atoms with van der Waals surface area (Å²) in [5.74, 6) is -6.65. The molecule has 0 fully saturated rings. The second kappa shape index (κ2) is 4.32. The third-order valence-electron chi connectivity index (χ3n) is 1.22. The molecule has 6 nitrogen and oxygen atoms in total. The van der Waals surface area contributed by atoms with Crippen LogP contribution in [0.3, 0.4) is 0 Å². The molecule has 68 valence electrons. The molecule has 1 unspecified atom stereocenters. The summed E-state index contributed by atoms with van der Waals surface area (Å²) >= 11 is 0. The minimum atomic E-state index is -1.79. The van der Waals surface area contributed by atoms with Gasteiger partial charge in [0.15, 0.2) is 0 Å². The summed E-state index contributed by atoms with van der Waals surface area (Å²) in [4.78, 5) is 30.0. The number of rotatable bonds is 5.